The van der Waals surface area contributed by atoms with Gasteiger partial charge in [-0.25, -0.2) is 9.80 Å². The maximum absolute atomic E-state index is 12.4. The number of nitrogens with one attached hydrogen (secondary N) is 2. The molecular formula is C15H22N4O3. The van der Waals surface area contributed by atoms with Crippen LogP contribution < -0.4 is 21.4 Å². The summed E-state index contributed by atoms with van der Waals surface area (Å²) in [4.78, 5) is 25.8. The molecule has 0 spiro atoms. The van der Waals surface area contributed by atoms with Gasteiger partial charge in [-0.05, 0) is 38.5 Å². The van der Waals surface area contributed by atoms with Crippen LogP contribution in [0.2, 0.25) is 0 Å². The van der Waals surface area contributed by atoms with Crippen LogP contribution in [0.15, 0.2) is 27.3 Å². The average Bonchev–Trinajstić information content (AvgIpc) is 2.71. The summed E-state index contributed by atoms with van der Waals surface area (Å²) in [5.41, 5.74) is -1.07. The van der Waals surface area contributed by atoms with Crippen molar-refractivity contribution >= 4 is 5.71 Å². The van der Waals surface area contributed by atoms with Crippen molar-refractivity contribution in [3.63, 3.8) is 0 Å². The molecule has 0 bridgehead atoms. The fourth-order valence-corrected chi connectivity index (χ4v) is 2.71. The second kappa shape index (κ2) is 7.22. The van der Waals surface area contributed by atoms with Gasteiger partial charge in [0.15, 0.2) is 0 Å². The van der Waals surface area contributed by atoms with E-state index in [1.807, 2.05) is 0 Å². The molecule has 2 heterocycles. The molecule has 1 aliphatic rings. The molecule has 0 aliphatic carbocycles. The fourth-order valence-electron chi connectivity index (χ4n) is 2.71. The monoisotopic (exact) mass is 306 g/mol. The highest BCUT2D eigenvalue weighted by Gasteiger charge is 2.15. The first kappa shape index (κ1) is 16.2. The third kappa shape index (κ3) is 3.54. The van der Waals surface area contributed by atoms with Crippen molar-refractivity contribution < 1.29 is 10.1 Å². The summed E-state index contributed by atoms with van der Waals surface area (Å²) in [6.07, 6.45) is 5.99. The molecular weight excluding hydrogens is 284 g/mol. The van der Waals surface area contributed by atoms with Gasteiger partial charge in [0.2, 0.25) is 0 Å². The Morgan fingerprint density at radius 1 is 1.36 bits per heavy atom. The maximum atomic E-state index is 12.4. The quantitative estimate of drug-likeness (QED) is 0.550. The number of hydrogen-bond acceptors (Lipinski definition) is 4. The number of hydrogen-bond donors (Lipinski definition) is 2. The standard InChI is InChI=1S/C15H22N4O3/c1-3-8-19-14(21)12(13(20)16-15(19)22)11(2)17-18-9-6-4-5-7-10-18/h3,21H,1,4-10H2,2H3,(H,16,20,22). The lowest BCUT2D eigenvalue weighted by Gasteiger charge is -2.18. The first-order chi connectivity index (χ1) is 10.5. The Kier molecular flexibility index (Phi) is 5.32. The third-order valence-corrected chi connectivity index (χ3v) is 3.83. The van der Waals surface area contributed by atoms with E-state index < -0.39 is 17.1 Å². The Hall–Kier alpha value is -2.15. The number of aromatic nitrogens is 2. The normalized spacial score (nSPS) is 17.2. The number of rotatable bonds is 4. The number of quaternary nitrogens is 1. The highest BCUT2D eigenvalue weighted by atomic mass is 16.3. The number of H-pyrrole nitrogens is 1. The van der Waals surface area contributed by atoms with Crippen LogP contribution >= 0.6 is 0 Å². The molecule has 2 rings (SSSR count). The molecule has 2 N–H and O–H groups in total. The molecule has 1 aromatic heterocycles. The Bertz CT molecular complexity index is 679. The van der Waals surface area contributed by atoms with Crippen LogP contribution in [-0.2, 0) is 6.54 Å². The zero-order valence-electron chi connectivity index (χ0n) is 12.9. The summed E-state index contributed by atoms with van der Waals surface area (Å²) in [5.74, 6) is -0.607. The second-order valence-corrected chi connectivity index (χ2v) is 5.52. The van der Waals surface area contributed by atoms with Crippen LogP contribution in [0.1, 0.15) is 38.2 Å². The van der Waals surface area contributed by atoms with Crippen molar-refractivity contribution in [2.45, 2.75) is 39.2 Å². The molecule has 7 heteroatoms. The van der Waals surface area contributed by atoms with Gasteiger partial charge >= 0.3 is 5.69 Å². The van der Waals surface area contributed by atoms with Crippen LogP contribution in [-0.4, -0.2) is 28.4 Å². The molecule has 0 radical (unpaired) electrons. The molecule has 0 amide bonds. The lowest BCUT2D eigenvalue weighted by Crippen LogP contribution is -3.07. The molecule has 1 aromatic rings. The van der Waals surface area contributed by atoms with Crippen molar-refractivity contribution in [2.75, 3.05) is 13.1 Å². The Labute approximate surface area is 128 Å². The fraction of sp³-hybridized carbons (Fsp3) is 0.533. The zero-order chi connectivity index (χ0) is 16.1. The van der Waals surface area contributed by atoms with Crippen molar-refractivity contribution in [2.24, 2.45) is 5.10 Å². The number of aromatic amines is 1. The van der Waals surface area contributed by atoms with E-state index in [1.165, 1.54) is 18.9 Å². The summed E-state index contributed by atoms with van der Waals surface area (Å²) in [6, 6.07) is 0. The van der Waals surface area contributed by atoms with E-state index in [0.717, 1.165) is 35.5 Å². The predicted molar refractivity (Wildman–Crippen MR) is 82.3 cm³/mol. The molecule has 0 saturated carbocycles. The molecule has 120 valence electrons. The van der Waals surface area contributed by atoms with Gasteiger partial charge in [-0.15, -0.1) is 6.58 Å². The van der Waals surface area contributed by atoms with E-state index in [-0.39, 0.29) is 12.1 Å². The summed E-state index contributed by atoms with van der Waals surface area (Å²) in [6.45, 7) is 7.02. The summed E-state index contributed by atoms with van der Waals surface area (Å²) in [5, 5.41) is 17.9. The van der Waals surface area contributed by atoms with Crippen LogP contribution in [0.5, 0.6) is 5.88 Å². The molecule has 1 saturated heterocycles. The van der Waals surface area contributed by atoms with Crippen LogP contribution in [0.25, 0.3) is 0 Å². The highest BCUT2D eigenvalue weighted by Crippen LogP contribution is 2.07. The van der Waals surface area contributed by atoms with Crippen LogP contribution in [0, 0.1) is 0 Å². The second-order valence-electron chi connectivity index (χ2n) is 5.52. The first-order valence-electron chi connectivity index (χ1n) is 7.60. The van der Waals surface area contributed by atoms with E-state index in [0.29, 0.717) is 5.71 Å². The van der Waals surface area contributed by atoms with Crippen molar-refractivity contribution in [3.05, 3.63) is 39.1 Å². The van der Waals surface area contributed by atoms with Crippen LogP contribution in [0.3, 0.4) is 0 Å². The minimum absolute atomic E-state index is 0.0572. The smallest absolute Gasteiger partial charge is 0.328 e. The lowest BCUT2D eigenvalue weighted by atomic mass is 10.2. The zero-order valence-corrected chi connectivity index (χ0v) is 12.9. The van der Waals surface area contributed by atoms with E-state index in [1.54, 1.807) is 6.92 Å². The van der Waals surface area contributed by atoms with Gasteiger partial charge in [0.05, 0.1) is 5.56 Å². The first-order valence-corrected chi connectivity index (χ1v) is 7.60. The van der Waals surface area contributed by atoms with Gasteiger partial charge < -0.3 is 9.67 Å². The van der Waals surface area contributed by atoms with E-state index >= 15 is 0 Å². The number of nitrogens with zero attached hydrogens (tertiary/aromatic N) is 2. The largest absolute Gasteiger partial charge is 0.859 e. The predicted octanol–water partition coefficient (Wildman–Crippen LogP) is -1.02. The SMILES string of the molecule is C=CCn1c([O-])c(C(C)=N[NH+]2CCCCCC2)c(=O)[nH]c1=O. The van der Waals surface area contributed by atoms with E-state index in [4.69, 9.17) is 0 Å². The average molecular weight is 306 g/mol. The molecule has 1 aliphatic heterocycles. The Morgan fingerprint density at radius 2 is 2.00 bits per heavy atom. The summed E-state index contributed by atoms with van der Waals surface area (Å²) >= 11 is 0. The lowest BCUT2D eigenvalue weighted by molar-refractivity contribution is -0.906. The maximum Gasteiger partial charge on any atom is 0.328 e. The topological polar surface area (TPSA) is 94.7 Å². The van der Waals surface area contributed by atoms with Crippen molar-refractivity contribution in [1.29, 1.82) is 0 Å². The molecule has 0 unspecified atom stereocenters. The molecule has 22 heavy (non-hydrogen) atoms. The van der Waals surface area contributed by atoms with Gasteiger partial charge in [0.1, 0.15) is 18.8 Å². The van der Waals surface area contributed by atoms with Crippen LogP contribution in [0.4, 0.5) is 0 Å². The summed E-state index contributed by atoms with van der Waals surface area (Å²) < 4.78 is 0.959. The minimum atomic E-state index is -0.714. The Balaban J connectivity index is 2.42. The summed E-state index contributed by atoms with van der Waals surface area (Å²) in [7, 11) is 0. The molecule has 0 aromatic carbocycles. The van der Waals surface area contributed by atoms with Crippen molar-refractivity contribution in [3.8, 4) is 5.88 Å². The molecule has 1 fully saturated rings. The van der Waals surface area contributed by atoms with Gasteiger partial charge in [-0.1, -0.05) is 11.2 Å². The van der Waals surface area contributed by atoms with Gasteiger partial charge in [-0.3, -0.25) is 9.78 Å². The third-order valence-electron chi connectivity index (χ3n) is 3.83. The van der Waals surface area contributed by atoms with Gasteiger partial charge in [0, 0.05) is 6.54 Å². The van der Waals surface area contributed by atoms with E-state index in [9.17, 15) is 14.7 Å². The molecule has 0 atom stereocenters. The van der Waals surface area contributed by atoms with Gasteiger partial charge in [-0.2, -0.15) is 0 Å². The number of allylic oxidation sites excluding steroid dienone is 1. The minimum Gasteiger partial charge on any atom is -0.859 e. The molecule has 7 nitrogen and oxygen atoms in total. The van der Waals surface area contributed by atoms with Crippen molar-refractivity contribution in [1.82, 2.24) is 9.55 Å². The Morgan fingerprint density at radius 3 is 2.59 bits per heavy atom. The van der Waals surface area contributed by atoms with Gasteiger partial charge in [0.25, 0.3) is 5.56 Å². The van der Waals surface area contributed by atoms with E-state index in [2.05, 4.69) is 16.7 Å². The highest BCUT2D eigenvalue weighted by molar-refractivity contribution is 5.99.